The van der Waals surface area contributed by atoms with E-state index >= 15 is 0 Å². The van der Waals surface area contributed by atoms with Crippen LogP contribution < -0.4 is 5.32 Å². The summed E-state index contributed by atoms with van der Waals surface area (Å²) in [5.74, 6) is 0. The van der Waals surface area contributed by atoms with Gasteiger partial charge in [0.1, 0.15) is 0 Å². The maximum Gasteiger partial charge on any atom is 0.408 e. The molecule has 20 heavy (non-hydrogen) atoms. The molecular weight excluding hydrogens is 272 g/mol. The number of rotatable bonds is 2. The second kappa shape index (κ2) is 4.86. The molecule has 2 bridgehead atoms. The Hall–Kier alpha value is -0.840. The van der Waals surface area contributed by atoms with Crippen LogP contribution in [0.2, 0.25) is 0 Å². The first-order chi connectivity index (χ1) is 9.17. The average molecular weight is 298 g/mol. The van der Waals surface area contributed by atoms with Crippen LogP contribution in [0.4, 0.5) is 4.79 Å². The number of thiocarbonyl (C=S) groups is 1. The van der Waals surface area contributed by atoms with E-state index in [0.29, 0.717) is 0 Å². The molecule has 0 atom stereocenters. The van der Waals surface area contributed by atoms with Crippen LogP contribution in [-0.2, 0) is 0 Å². The van der Waals surface area contributed by atoms with E-state index in [1.165, 1.54) is 0 Å². The average Bonchev–Trinajstić information content (AvgIpc) is 2.37. The lowest BCUT2D eigenvalue weighted by Crippen LogP contribution is -2.65. The van der Waals surface area contributed by atoms with Gasteiger partial charge in [-0.05, 0) is 59.3 Å². The fourth-order valence-electron chi connectivity index (χ4n) is 4.31. The van der Waals surface area contributed by atoms with Crippen molar-refractivity contribution in [2.45, 2.75) is 70.4 Å². The largest absolute Gasteiger partial charge is 0.465 e. The van der Waals surface area contributed by atoms with Gasteiger partial charge in [-0.1, -0.05) is 12.2 Å². The van der Waals surface area contributed by atoms with Crippen molar-refractivity contribution >= 4 is 23.3 Å². The molecule has 0 radical (unpaired) electrons. The zero-order valence-corrected chi connectivity index (χ0v) is 13.8. The van der Waals surface area contributed by atoms with Crippen molar-refractivity contribution in [2.24, 2.45) is 5.41 Å². The first kappa shape index (κ1) is 15.5. The van der Waals surface area contributed by atoms with E-state index in [9.17, 15) is 9.90 Å². The van der Waals surface area contributed by atoms with Crippen LogP contribution in [0.5, 0.6) is 0 Å². The van der Waals surface area contributed by atoms with E-state index in [1.807, 2.05) is 27.8 Å². The lowest BCUT2D eigenvalue weighted by Gasteiger charge is -2.59. The summed E-state index contributed by atoms with van der Waals surface area (Å²) in [6, 6.07) is 0. The summed E-state index contributed by atoms with van der Waals surface area (Å²) < 4.78 is 0. The van der Waals surface area contributed by atoms with E-state index in [2.05, 4.69) is 5.32 Å². The summed E-state index contributed by atoms with van der Waals surface area (Å²) in [5.41, 5.74) is -0.421. The van der Waals surface area contributed by atoms with Gasteiger partial charge in [-0.2, -0.15) is 0 Å². The number of carboxylic acid groups (broad SMARTS) is 1. The minimum Gasteiger partial charge on any atom is -0.465 e. The van der Waals surface area contributed by atoms with Crippen molar-refractivity contribution in [2.75, 3.05) is 7.05 Å². The summed E-state index contributed by atoms with van der Waals surface area (Å²) >= 11 is 5.50. The lowest BCUT2D eigenvalue weighted by atomic mass is 9.56. The highest BCUT2D eigenvalue weighted by atomic mass is 32.1. The van der Waals surface area contributed by atoms with E-state index in [1.54, 1.807) is 4.90 Å². The smallest absolute Gasteiger partial charge is 0.408 e. The van der Waals surface area contributed by atoms with Crippen molar-refractivity contribution in [1.29, 1.82) is 0 Å². The van der Waals surface area contributed by atoms with Crippen molar-refractivity contribution in [3.05, 3.63) is 0 Å². The normalized spacial score (nSPS) is 32.8. The molecule has 0 unspecified atom stereocenters. The molecule has 1 amide bonds. The summed E-state index contributed by atoms with van der Waals surface area (Å²) in [6.07, 6.45) is 5.02. The molecule has 0 aliphatic heterocycles. The number of amides is 1. The first-order valence-corrected chi connectivity index (χ1v) is 7.83. The molecule has 0 aromatic rings. The Bertz CT molecular complexity index is 404. The number of hydrogen-bond donors (Lipinski definition) is 2. The third-order valence-electron chi connectivity index (χ3n) is 5.25. The van der Waals surface area contributed by atoms with Gasteiger partial charge in [-0.25, -0.2) is 4.79 Å². The van der Waals surface area contributed by atoms with Gasteiger partial charge in [-0.15, -0.1) is 0 Å². The number of carbonyl (C=O) groups is 1. The van der Waals surface area contributed by atoms with Gasteiger partial charge in [0.15, 0.2) is 0 Å². The van der Waals surface area contributed by atoms with Gasteiger partial charge in [0, 0.05) is 23.5 Å². The van der Waals surface area contributed by atoms with Crippen molar-refractivity contribution in [1.82, 2.24) is 10.2 Å². The number of fused-ring (bicyclic) bond motifs is 3. The monoisotopic (exact) mass is 298 g/mol. The van der Waals surface area contributed by atoms with E-state index in [0.717, 1.165) is 43.5 Å². The second-order valence-corrected chi connectivity index (χ2v) is 7.78. The van der Waals surface area contributed by atoms with Gasteiger partial charge in [0.25, 0.3) is 0 Å². The molecule has 3 aliphatic carbocycles. The molecule has 0 saturated heterocycles. The SMILES string of the molecule is CNC(=S)C12CCC(N(C(=O)O)C(C)(C)C)(CC1)CC2. The maximum atomic E-state index is 11.8. The molecule has 4 nitrogen and oxygen atoms in total. The van der Waals surface area contributed by atoms with Crippen LogP contribution in [0.3, 0.4) is 0 Å². The topological polar surface area (TPSA) is 52.6 Å². The Balaban J connectivity index is 2.25. The Morgan fingerprint density at radius 1 is 1.15 bits per heavy atom. The quantitative estimate of drug-likeness (QED) is 0.767. The fourth-order valence-corrected chi connectivity index (χ4v) is 4.61. The minimum atomic E-state index is -0.789. The van der Waals surface area contributed by atoms with Crippen LogP contribution in [0.15, 0.2) is 0 Å². The maximum absolute atomic E-state index is 11.8. The van der Waals surface area contributed by atoms with Gasteiger partial charge < -0.3 is 10.4 Å². The lowest BCUT2D eigenvalue weighted by molar-refractivity contribution is -0.0571. The summed E-state index contributed by atoms with van der Waals surface area (Å²) in [7, 11) is 1.90. The highest BCUT2D eigenvalue weighted by Crippen LogP contribution is 2.56. The number of nitrogens with zero attached hydrogens (tertiary/aromatic N) is 1. The first-order valence-electron chi connectivity index (χ1n) is 7.42. The van der Waals surface area contributed by atoms with Crippen LogP contribution in [0, 0.1) is 5.41 Å². The molecule has 3 saturated carbocycles. The van der Waals surface area contributed by atoms with E-state index < -0.39 is 6.09 Å². The standard InChI is InChI=1S/C15H26N2O2S/c1-13(2,3)17(12(18)19)15-8-5-14(6-9-15,7-10-15)11(20)16-4/h5-10H2,1-4H3,(H,16,20)(H,18,19). The predicted octanol–water partition coefficient (Wildman–Crippen LogP) is 3.40. The molecule has 114 valence electrons. The third-order valence-corrected chi connectivity index (χ3v) is 5.89. The molecule has 0 spiro atoms. The summed E-state index contributed by atoms with van der Waals surface area (Å²) in [6.45, 7) is 5.97. The fraction of sp³-hybridized carbons (Fsp3) is 0.867. The molecule has 3 fully saturated rings. The predicted molar refractivity (Wildman–Crippen MR) is 84.1 cm³/mol. The summed E-state index contributed by atoms with van der Waals surface area (Å²) in [5, 5.41) is 12.8. The van der Waals surface area contributed by atoms with Crippen molar-refractivity contribution < 1.29 is 9.90 Å². The molecule has 0 aromatic carbocycles. The molecule has 3 rings (SSSR count). The third kappa shape index (κ3) is 2.30. The van der Waals surface area contributed by atoms with Gasteiger partial charge in [-0.3, -0.25) is 4.90 Å². The van der Waals surface area contributed by atoms with E-state index in [4.69, 9.17) is 12.2 Å². The highest BCUT2D eigenvalue weighted by Gasteiger charge is 2.56. The Labute approximate surface area is 126 Å². The highest BCUT2D eigenvalue weighted by molar-refractivity contribution is 7.80. The minimum absolute atomic E-state index is 0.119. The van der Waals surface area contributed by atoms with Crippen LogP contribution in [0.25, 0.3) is 0 Å². The molecule has 2 N–H and O–H groups in total. The zero-order chi connectivity index (χ0) is 15.2. The van der Waals surface area contributed by atoms with Crippen molar-refractivity contribution in [3.8, 4) is 0 Å². The molecule has 0 aromatic heterocycles. The second-order valence-electron chi connectivity index (χ2n) is 7.37. The Kier molecular flexibility index (Phi) is 3.78. The van der Waals surface area contributed by atoms with Gasteiger partial charge in [0.2, 0.25) is 0 Å². The van der Waals surface area contributed by atoms with E-state index in [-0.39, 0.29) is 16.5 Å². The van der Waals surface area contributed by atoms with Crippen LogP contribution >= 0.6 is 12.2 Å². The van der Waals surface area contributed by atoms with Crippen LogP contribution in [0.1, 0.15) is 59.3 Å². The number of nitrogens with one attached hydrogen (secondary N) is 1. The Morgan fingerprint density at radius 2 is 1.60 bits per heavy atom. The molecule has 5 heteroatoms. The zero-order valence-electron chi connectivity index (χ0n) is 13.0. The Morgan fingerprint density at radius 3 is 1.90 bits per heavy atom. The number of hydrogen-bond acceptors (Lipinski definition) is 2. The van der Waals surface area contributed by atoms with Crippen LogP contribution in [-0.4, -0.2) is 39.2 Å². The molecule has 3 aliphatic rings. The van der Waals surface area contributed by atoms with Gasteiger partial charge >= 0.3 is 6.09 Å². The molecular formula is C15H26N2O2S. The summed E-state index contributed by atoms with van der Waals surface area (Å²) in [4.78, 5) is 14.5. The van der Waals surface area contributed by atoms with Gasteiger partial charge in [0.05, 0.1) is 4.99 Å². The van der Waals surface area contributed by atoms with Crippen molar-refractivity contribution in [3.63, 3.8) is 0 Å². The molecule has 0 heterocycles.